The van der Waals surface area contributed by atoms with Gasteiger partial charge >= 0.3 is 0 Å². The summed E-state index contributed by atoms with van der Waals surface area (Å²) in [5.74, 6) is 0.826. The molecule has 2 unspecified atom stereocenters. The zero-order valence-electron chi connectivity index (χ0n) is 10.2. The third-order valence-corrected chi connectivity index (χ3v) is 4.43. The van der Waals surface area contributed by atoms with Crippen LogP contribution < -0.4 is 0 Å². The van der Waals surface area contributed by atoms with Crippen molar-refractivity contribution >= 4 is 0 Å². The average molecular weight is 202 g/mol. The van der Waals surface area contributed by atoms with Gasteiger partial charge in [-0.1, -0.05) is 51.0 Å². The minimum absolute atomic E-state index is 0.420. The normalized spacial score (nSPS) is 31.5. The predicted molar refractivity (Wildman–Crippen MR) is 66.2 cm³/mol. The lowest BCUT2D eigenvalue weighted by molar-refractivity contribution is 0.220. The first kappa shape index (κ1) is 10.7. The summed E-state index contributed by atoms with van der Waals surface area (Å²) in [5, 5.41) is 0. The maximum absolute atomic E-state index is 2.46. The van der Waals surface area contributed by atoms with E-state index in [1.54, 1.807) is 5.56 Å². The molecule has 1 aliphatic rings. The van der Waals surface area contributed by atoms with Crippen molar-refractivity contribution in [2.45, 2.75) is 51.9 Å². The van der Waals surface area contributed by atoms with Gasteiger partial charge in [0, 0.05) is 0 Å². The lowest BCUT2D eigenvalue weighted by Crippen LogP contribution is -2.34. The summed E-state index contributed by atoms with van der Waals surface area (Å²) in [7, 11) is 0. The fourth-order valence-corrected chi connectivity index (χ4v) is 3.12. The van der Waals surface area contributed by atoms with Crippen molar-refractivity contribution in [3.8, 4) is 0 Å². The number of hydrogen-bond acceptors (Lipinski definition) is 0. The second-order valence-electron chi connectivity index (χ2n) is 5.38. The van der Waals surface area contributed by atoms with Gasteiger partial charge in [-0.2, -0.15) is 0 Å². The van der Waals surface area contributed by atoms with Gasteiger partial charge in [0.1, 0.15) is 0 Å². The van der Waals surface area contributed by atoms with E-state index < -0.39 is 0 Å². The first-order chi connectivity index (χ1) is 7.14. The van der Waals surface area contributed by atoms with Gasteiger partial charge in [-0.05, 0) is 42.2 Å². The Balaban J connectivity index is 2.39. The fourth-order valence-electron chi connectivity index (χ4n) is 3.12. The highest BCUT2D eigenvalue weighted by Crippen LogP contribution is 2.44. The molecule has 0 radical (unpaired) electrons. The van der Waals surface area contributed by atoms with E-state index in [1.807, 2.05) is 0 Å². The van der Waals surface area contributed by atoms with Gasteiger partial charge in [-0.15, -0.1) is 0 Å². The van der Waals surface area contributed by atoms with E-state index in [2.05, 4.69) is 45.0 Å². The Kier molecular flexibility index (Phi) is 2.86. The summed E-state index contributed by atoms with van der Waals surface area (Å²) in [4.78, 5) is 0. The van der Waals surface area contributed by atoms with Crippen LogP contribution in [0.3, 0.4) is 0 Å². The van der Waals surface area contributed by atoms with Crippen molar-refractivity contribution in [2.24, 2.45) is 5.92 Å². The second kappa shape index (κ2) is 4.00. The van der Waals surface area contributed by atoms with Crippen molar-refractivity contribution in [3.05, 3.63) is 35.4 Å². The van der Waals surface area contributed by atoms with Gasteiger partial charge in [0.2, 0.25) is 0 Å². The third kappa shape index (κ3) is 1.82. The maximum atomic E-state index is 2.46. The third-order valence-electron chi connectivity index (χ3n) is 4.43. The zero-order chi connectivity index (χ0) is 10.9. The SMILES string of the molecule is Cc1ccccc1C1(C)CCCCC1C. The molecule has 0 spiro atoms. The Bertz CT molecular complexity index is 340. The topological polar surface area (TPSA) is 0 Å². The van der Waals surface area contributed by atoms with Gasteiger partial charge in [0.15, 0.2) is 0 Å². The molecule has 0 N–H and O–H groups in total. The molecule has 0 nitrogen and oxygen atoms in total. The standard InChI is InChI=1S/C15H22/c1-12-8-4-5-10-14(12)15(3)11-7-6-9-13(15)2/h4-5,8,10,13H,6-7,9,11H2,1-3H3. The lowest BCUT2D eigenvalue weighted by atomic mass is 9.64. The summed E-state index contributed by atoms with van der Waals surface area (Å²) in [6.45, 7) is 7.13. The highest BCUT2D eigenvalue weighted by molar-refractivity contribution is 5.33. The first-order valence-electron chi connectivity index (χ1n) is 6.21. The second-order valence-corrected chi connectivity index (χ2v) is 5.38. The maximum Gasteiger partial charge on any atom is -0.00470 e. The van der Waals surface area contributed by atoms with Crippen LogP contribution in [0.4, 0.5) is 0 Å². The molecular weight excluding hydrogens is 180 g/mol. The Morgan fingerprint density at radius 3 is 2.60 bits per heavy atom. The zero-order valence-corrected chi connectivity index (χ0v) is 10.2. The van der Waals surface area contributed by atoms with Crippen molar-refractivity contribution < 1.29 is 0 Å². The molecule has 0 aliphatic heterocycles. The van der Waals surface area contributed by atoms with Crippen LogP contribution in [-0.2, 0) is 5.41 Å². The Hall–Kier alpha value is -0.780. The van der Waals surface area contributed by atoms with Crippen molar-refractivity contribution in [2.75, 3.05) is 0 Å². The lowest BCUT2D eigenvalue weighted by Gasteiger charge is -2.41. The van der Waals surface area contributed by atoms with E-state index in [9.17, 15) is 0 Å². The van der Waals surface area contributed by atoms with Crippen molar-refractivity contribution in [1.29, 1.82) is 0 Å². The highest BCUT2D eigenvalue weighted by Gasteiger charge is 2.35. The number of hydrogen-bond donors (Lipinski definition) is 0. The molecule has 15 heavy (non-hydrogen) atoms. The van der Waals surface area contributed by atoms with Gasteiger partial charge < -0.3 is 0 Å². The van der Waals surface area contributed by atoms with E-state index in [-0.39, 0.29) is 0 Å². The predicted octanol–water partition coefficient (Wildman–Crippen LogP) is 4.46. The molecule has 1 aromatic carbocycles. The summed E-state index contributed by atoms with van der Waals surface area (Å²) in [6.07, 6.45) is 5.57. The van der Waals surface area contributed by atoms with Crippen LogP contribution in [0.15, 0.2) is 24.3 Å². The molecule has 2 rings (SSSR count). The summed E-state index contributed by atoms with van der Waals surface area (Å²) in [6, 6.07) is 8.92. The van der Waals surface area contributed by atoms with E-state index in [0.717, 1.165) is 5.92 Å². The van der Waals surface area contributed by atoms with Crippen LogP contribution >= 0.6 is 0 Å². The average Bonchev–Trinajstić information content (AvgIpc) is 2.23. The van der Waals surface area contributed by atoms with Gasteiger partial charge in [0.25, 0.3) is 0 Å². The Labute approximate surface area is 93.7 Å². The Morgan fingerprint density at radius 2 is 1.93 bits per heavy atom. The van der Waals surface area contributed by atoms with Crippen LogP contribution in [0.2, 0.25) is 0 Å². The van der Waals surface area contributed by atoms with Crippen LogP contribution in [-0.4, -0.2) is 0 Å². The molecule has 1 fully saturated rings. The van der Waals surface area contributed by atoms with Crippen LogP contribution in [0.25, 0.3) is 0 Å². The number of benzene rings is 1. The van der Waals surface area contributed by atoms with E-state index in [1.165, 1.54) is 31.2 Å². The quantitative estimate of drug-likeness (QED) is 0.630. The molecule has 0 saturated heterocycles. The minimum Gasteiger partial charge on any atom is -0.0620 e. The largest absolute Gasteiger partial charge is 0.0620 e. The minimum atomic E-state index is 0.420. The van der Waals surface area contributed by atoms with Crippen LogP contribution in [0.1, 0.15) is 50.7 Å². The van der Waals surface area contributed by atoms with Gasteiger partial charge in [-0.25, -0.2) is 0 Å². The molecule has 0 amide bonds. The molecule has 2 atom stereocenters. The summed E-state index contributed by atoms with van der Waals surface area (Å²) < 4.78 is 0. The number of rotatable bonds is 1. The number of aryl methyl sites for hydroxylation is 1. The van der Waals surface area contributed by atoms with Gasteiger partial charge in [-0.3, -0.25) is 0 Å². The molecule has 82 valence electrons. The fraction of sp³-hybridized carbons (Fsp3) is 0.600. The van der Waals surface area contributed by atoms with Crippen LogP contribution in [0.5, 0.6) is 0 Å². The molecule has 0 heterocycles. The molecule has 0 aromatic heterocycles. The van der Waals surface area contributed by atoms with Crippen molar-refractivity contribution in [3.63, 3.8) is 0 Å². The molecule has 1 aromatic rings. The molecular formula is C15H22. The van der Waals surface area contributed by atoms with E-state index in [4.69, 9.17) is 0 Å². The first-order valence-corrected chi connectivity index (χ1v) is 6.21. The molecule has 0 heteroatoms. The summed E-state index contributed by atoms with van der Waals surface area (Å²) >= 11 is 0. The molecule has 1 aliphatic carbocycles. The summed E-state index contributed by atoms with van der Waals surface area (Å²) in [5.41, 5.74) is 3.47. The highest BCUT2D eigenvalue weighted by atomic mass is 14.4. The van der Waals surface area contributed by atoms with Crippen molar-refractivity contribution in [1.82, 2.24) is 0 Å². The van der Waals surface area contributed by atoms with Crippen LogP contribution in [0, 0.1) is 12.8 Å². The smallest absolute Gasteiger partial charge is 0.00470 e. The van der Waals surface area contributed by atoms with E-state index in [0.29, 0.717) is 5.41 Å². The van der Waals surface area contributed by atoms with Gasteiger partial charge in [0.05, 0.1) is 0 Å². The van der Waals surface area contributed by atoms with E-state index >= 15 is 0 Å². The molecule has 0 bridgehead atoms. The Morgan fingerprint density at radius 1 is 1.20 bits per heavy atom. The molecule has 1 saturated carbocycles. The monoisotopic (exact) mass is 202 g/mol.